The Morgan fingerprint density at radius 2 is 1.23 bits per heavy atom. The fourth-order valence-electron chi connectivity index (χ4n) is 7.90. The average Bonchev–Trinajstić information content (AvgIpc) is 3.81. The van der Waals surface area contributed by atoms with Crippen molar-refractivity contribution >= 4 is 49.6 Å². The summed E-state index contributed by atoms with van der Waals surface area (Å²) in [5, 5.41) is 8.16. The third-order valence-electron chi connectivity index (χ3n) is 10.7. The maximum Gasteiger partial charge on any atom is 0.143 e. The topological polar surface area (TPSA) is 68.5 Å². The second kappa shape index (κ2) is 14.2. The molecule has 0 radical (unpaired) electrons. The minimum atomic E-state index is -0.436. The molecule has 0 aliphatic heterocycles. The number of hydrogen-bond donors (Lipinski definition) is 2. The molecular weight excluding hydrogens is 685 g/mol. The van der Waals surface area contributed by atoms with Gasteiger partial charge in [0.15, 0.2) is 0 Å². The number of benzene rings is 8. The summed E-state index contributed by atoms with van der Waals surface area (Å²) in [6.45, 7) is 0.563. The van der Waals surface area contributed by atoms with Gasteiger partial charge in [-0.1, -0.05) is 158 Å². The molecule has 0 aliphatic carbocycles. The van der Waals surface area contributed by atoms with E-state index in [9.17, 15) is 0 Å². The number of aromatic nitrogens is 1. The Morgan fingerprint density at radius 3 is 2.07 bits per heavy atom. The van der Waals surface area contributed by atoms with Crippen molar-refractivity contribution in [3.05, 3.63) is 211 Å². The van der Waals surface area contributed by atoms with E-state index in [1.165, 1.54) is 10.8 Å². The van der Waals surface area contributed by atoms with Crippen LogP contribution in [0.2, 0.25) is 0 Å². The normalized spacial score (nSPS) is 12.5. The zero-order valence-corrected chi connectivity index (χ0v) is 30.6. The Hall–Kier alpha value is -7.21. The predicted octanol–water partition coefficient (Wildman–Crippen LogP) is 12.2. The minimum absolute atomic E-state index is 0.436. The highest BCUT2D eigenvalue weighted by atomic mass is 16.3. The molecule has 5 nitrogen and oxygen atoms in total. The van der Waals surface area contributed by atoms with Gasteiger partial charge in [0, 0.05) is 38.4 Å². The fraction of sp³-hybridized carbons (Fsp3) is 0.0392. The molecule has 5 heteroatoms. The lowest BCUT2D eigenvalue weighted by atomic mass is 10.0. The Kier molecular flexibility index (Phi) is 8.47. The Balaban J connectivity index is 0.969. The molecule has 0 aliphatic rings. The van der Waals surface area contributed by atoms with Crippen LogP contribution >= 0.6 is 0 Å². The van der Waals surface area contributed by atoms with Crippen LogP contribution in [0.25, 0.3) is 71.7 Å². The van der Waals surface area contributed by atoms with Gasteiger partial charge in [0.1, 0.15) is 23.2 Å². The average molecular weight is 723 g/mol. The molecule has 3 N–H and O–H groups in total. The van der Waals surface area contributed by atoms with Crippen LogP contribution in [0.4, 0.5) is 0 Å². The lowest BCUT2D eigenvalue weighted by Gasteiger charge is -2.18. The molecule has 10 rings (SSSR count). The van der Waals surface area contributed by atoms with Crippen molar-refractivity contribution < 1.29 is 4.42 Å². The van der Waals surface area contributed by atoms with Gasteiger partial charge in [-0.2, -0.15) is 0 Å². The van der Waals surface area contributed by atoms with Crippen LogP contribution in [-0.2, 0) is 6.54 Å². The van der Waals surface area contributed by atoms with E-state index in [1.807, 2.05) is 48.5 Å². The monoisotopic (exact) mass is 722 g/mol. The molecule has 0 fully saturated rings. The molecule has 2 heterocycles. The zero-order chi connectivity index (χ0) is 37.4. The third-order valence-corrected chi connectivity index (χ3v) is 10.7. The summed E-state index contributed by atoms with van der Waals surface area (Å²) in [5.74, 6) is 0.769. The first-order chi connectivity index (χ1) is 27.7. The van der Waals surface area contributed by atoms with Gasteiger partial charge in [-0.25, -0.2) is 0 Å². The van der Waals surface area contributed by atoms with Crippen molar-refractivity contribution in [2.24, 2.45) is 10.7 Å². The summed E-state index contributed by atoms with van der Waals surface area (Å²) in [4.78, 5) is 4.93. The number of amidine groups is 1. The van der Waals surface area contributed by atoms with Gasteiger partial charge >= 0.3 is 0 Å². The van der Waals surface area contributed by atoms with Crippen molar-refractivity contribution in [3.8, 4) is 27.9 Å². The number of para-hydroxylation sites is 3. The van der Waals surface area contributed by atoms with Gasteiger partial charge in [-0.3, -0.25) is 4.99 Å². The quantitative estimate of drug-likeness (QED) is 0.0932. The number of hydrogen-bond acceptors (Lipinski definition) is 3. The minimum Gasteiger partial charge on any atom is -0.455 e. The highest BCUT2D eigenvalue weighted by Crippen LogP contribution is 2.39. The zero-order valence-electron chi connectivity index (χ0n) is 30.6. The van der Waals surface area contributed by atoms with Crippen LogP contribution in [0, 0.1) is 0 Å². The largest absolute Gasteiger partial charge is 0.455 e. The number of fused-ring (bicyclic) bond motifs is 6. The summed E-state index contributed by atoms with van der Waals surface area (Å²) < 4.78 is 8.79. The number of nitrogens with one attached hydrogen (secondary N) is 1. The van der Waals surface area contributed by atoms with Gasteiger partial charge in [0.2, 0.25) is 0 Å². The molecule has 0 spiro atoms. The maximum atomic E-state index is 6.78. The number of nitrogens with two attached hydrogens (primary N) is 1. The van der Waals surface area contributed by atoms with Crippen molar-refractivity contribution in [2.75, 3.05) is 0 Å². The molecule has 1 unspecified atom stereocenters. The molecule has 10 aromatic rings. The van der Waals surface area contributed by atoms with Gasteiger partial charge in [0.25, 0.3) is 0 Å². The predicted molar refractivity (Wildman–Crippen MR) is 232 cm³/mol. The highest BCUT2D eigenvalue weighted by Gasteiger charge is 2.17. The van der Waals surface area contributed by atoms with E-state index in [1.54, 1.807) is 0 Å². The first kappa shape index (κ1) is 33.4. The molecule has 2 aromatic heterocycles. The Labute approximate surface area is 325 Å². The highest BCUT2D eigenvalue weighted by molar-refractivity contribution is 6.11. The molecular formula is C51H38N4O. The van der Waals surface area contributed by atoms with Crippen LogP contribution in [0.1, 0.15) is 22.9 Å². The van der Waals surface area contributed by atoms with Crippen molar-refractivity contribution in [2.45, 2.75) is 12.7 Å². The van der Waals surface area contributed by atoms with E-state index in [0.717, 1.165) is 83.4 Å². The van der Waals surface area contributed by atoms with E-state index in [2.05, 4.69) is 155 Å². The van der Waals surface area contributed by atoms with Crippen molar-refractivity contribution in [3.63, 3.8) is 0 Å². The van der Waals surface area contributed by atoms with Crippen LogP contribution in [-0.4, -0.2) is 10.4 Å². The van der Waals surface area contributed by atoms with Gasteiger partial charge in [0.05, 0.1) is 17.6 Å². The van der Waals surface area contributed by atoms with Crippen LogP contribution in [0.5, 0.6) is 0 Å². The van der Waals surface area contributed by atoms with Gasteiger partial charge in [-0.15, -0.1) is 0 Å². The second-order valence-electron chi connectivity index (χ2n) is 14.2. The summed E-state index contributed by atoms with van der Waals surface area (Å²) in [5.41, 5.74) is 19.6. The van der Waals surface area contributed by atoms with Crippen molar-refractivity contribution in [1.29, 1.82) is 0 Å². The summed E-state index contributed by atoms with van der Waals surface area (Å²) >= 11 is 0. The molecule has 8 aromatic carbocycles. The van der Waals surface area contributed by atoms with Crippen molar-refractivity contribution in [1.82, 2.24) is 9.88 Å². The first-order valence-corrected chi connectivity index (χ1v) is 19.0. The van der Waals surface area contributed by atoms with Crippen LogP contribution in [0.15, 0.2) is 204 Å². The standard InChI is InChI=1S/C51H38N4O/c52-50(54-51(37-15-5-2-6-16-37)53-33-34-13-3-1-4-14-34)36-27-25-35(26-28-36)38-29-30-47-45(32-38)42-19-7-9-23-46(42)55(47)40-18-11-17-39(31-40)41-21-12-22-44-43-20-8-10-24-48(43)56-49(41)44/h1-32,50H,33,52H2,(H,53,54). The number of aliphatic imine (C=N–C) groups is 1. The number of furan rings is 1. The molecule has 0 amide bonds. The lowest BCUT2D eigenvalue weighted by molar-refractivity contribution is 0.670. The molecule has 56 heavy (non-hydrogen) atoms. The molecule has 268 valence electrons. The molecule has 0 bridgehead atoms. The summed E-state index contributed by atoms with van der Waals surface area (Å²) in [7, 11) is 0. The van der Waals surface area contributed by atoms with E-state index >= 15 is 0 Å². The van der Waals surface area contributed by atoms with Gasteiger partial charge in [-0.05, 0) is 64.2 Å². The maximum absolute atomic E-state index is 6.78. The van der Waals surface area contributed by atoms with Crippen LogP contribution in [0.3, 0.4) is 0 Å². The van der Waals surface area contributed by atoms with E-state index in [-0.39, 0.29) is 0 Å². The molecule has 1 atom stereocenters. The molecule has 0 saturated carbocycles. The number of rotatable bonds is 8. The molecule has 0 saturated heterocycles. The SMILES string of the molecule is NC(N/C(=N\Cc1ccccc1)c1ccccc1)c1ccc(-c2ccc3c(c2)c2ccccc2n3-c2cccc(-c3cccc4c3oc3ccccc34)c2)cc1. The fourth-order valence-corrected chi connectivity index (χ4v) is 7.90. The van der Waals surface area contributed by atoms with E-state index in [4.69, 9.17) is 15.1 Å². The first-order valence-electron chi connectivity index (χ1n) is 19.0. The van der Waals surface area contributed by atoms with E-state index in [0.29, 0.717) is 6.54 Å². The number of nitrogens with zero attached hydrogens (tertiary/aromatic N) is 2. The second-order valence-corrected chi connectivity index (χ2v) is 14.2. The lowest BCUT2D eigenvalue weighted by Crippen LogP contribution is -2.34. The van der Waals surface area contributed by atoms with Crippen LogP contribution < -0.4 is 11.1 Å². The summed E-state index contributed by atoms with van der Waals surface area (Å²) in [6.07, 6.45) is -0.436. The smallest absolute Gasteiger partial charge is 0.143 e. The third kappa shape index (κ3) is 6.10. The van der Waals surface area contributed by atoms with E-state index < -0.39 is 6.17 Å². The van der Waals surface area contributed by atoms with Gasteiger partial charge < -0.3 is 20.0 Å². The Morgan fingerprint density at radius 1 is 0.554 bits per heavy atom. The Bertz CT molecular complexity index is 3030. The summed E-state index contributed by atoms with van der Waals surface area (Å²) in [6, 6.07) is 67.8.